The fraction of sp³-hybridized carbons (Fsp3) is 0.417. The number of nitrogens with one attached hydrogen (secondary N) is 1. The minimum absolute atomic E-state index is 0.189. The quantitative estimate of drug-likeness (QED) is 0.872. The Kier molecular flexibility index (Phi) is 2.98. The molecule has 1 fully saturated rings. The van der Waals surface area contributed by atoms with Crippen molar-refractivity contribution in [2.45, 2.75) is 18.4 Å². The third kappa shape index (κ3) is 2.10. The SMILES string of the molecule is O=c1oc2ccc(Br)cc2n1C1CCNCC1(F)F. The van der Waals surface area contributed by atoms with Gasteiger partial charge in [-0.2, -0.15) is 0 Å². The molecule has 3 rings (SSSR count). The maximum atomic E-state index is 14.0. The fourth-order valence-electron chi connectivity index (χ4n) is 2.44. The smallest absolute Gasteiger partial charge is 0.408 e. The Balaban J connectivity index is 2.21. The summed E-state index contributed by atoms with van der Waals surface area (Å²) in [5.41, 5.74) is 0.716. The molecule has 2 aromatic rings. The standard InChI is InChI=1S/C12H11BrF2N2O2/c13-7-1-2-9-8(5-7)17(11(18)19-9)10-3-4-16-6-12(10,14)15/h1-2,5,10,16H,3-4,6H2. The average Bonchev–Trinajstić information content (AvgIpc) is 2.65. The van der Waals surface area contributed by atoms with E-state index < -0.39 is 24.3 Å². The maximum absolute atomic E-state index is 14.0. The van der Waals surface area contributed by atoms with Gasteiger partial charge in [-0.1, -0.05) is 15.9 Å². The second-order valence-electron chi connectivity index (χ2n) is 4.59. The van der Waals surface area contributed by atoms with Gasteiger partial charge in [0.1, 0.15) is 6.04 Å². The summed E-state index contributed by atoms with van der Waals surface area (Å²) in [6.07, 6.45) is 0.189. The van der Waals surface area contributed by atoms with Crippen LogP contribution in [-0.4, -0.2) is 23.6 Å². The van der Waals surface area contributed by atoms with Crippen LogP contribution in [-0.2, 0) is 0 Å². The van der Waals surface area contributed by atoms with Crippen LogP contribution in [0.2, 0.25) is 0 Å². The minimum Gasteiger partial charge on any atom is -0.408 e. The van der Waals surface area contributed by atoms with E-state index in [1.54, 1.807) is 18.2 Å². The van der Waals surface area contributed by atoms with E-state index in [2.05, 4.69) is 21.2 Å². The predicted octanol–water partition coefficient (Wildman–Crippen LogP) is 2.53. The van der Waals surface area contributed by atoms with E-state index in [4.69, 9.17) is 4.42 Å². The summed E-state index contributed by atoms with van der Waals surface area (Å²) in [5, 5.41) is 2.64. The van der Waals surface area contributed by atoms with E-state index in [0.29, 0.717) is 22.1 Å². The molecule has 7 heteroatoms. The molecule has 1 atom stereocenters. The topological polar surface area (TPSA) is 47.2 Å². The zero-order chi connectivity index (χ0) is 13.6. The lowest BCUT2D eigenvalue weighted by Crippen LogP contribution is -2.48. The molecule has 1 aliphatic heterocycles. The van der Waals surface area contributed by atoms with E-state index in [1.165, 1.54) is 0 Å². The van der Waals surface area contributed by atoms with Crippen molar-refractivity contribution in [1.29, 1.82) is 0 Å². The molecule has 0 radical (unpaired) electrons. The summed E-state index contributed by atoms with van der Waals surface area (Å²) in [7, 11) is 0. The molecule has 1 N–H and O–H groups in total. The molecule has 2 heterocycles. The summed E-state index contributed by atoms with van der Waals surface area (Å²) in [5.74, 6) is -3.71. The maximum Gasteiger partial charge on any atom is 0.420 e. The van der Waals surface area contributed by atoms with Gasteiger partial charge in [-0.25, -0.2) is 13.6 Å². The van der Waals surface area contributed by atoms with E-state index in [0.717, 1.165) is 4.57 Å². The summed E-state index contributed by atoms with van der Waals surface area (Å²) < 4.78 is 34.7. The number of aromatic nitrogens is 1. The van der Waals surface area contributed by atoms with Crippen molar-refractivity contribution < 1.29 is 13.2 Å². The molecule has 1 aromatic heterocycles. The Morgan fingerprint density at radius 2 is 2.26 bits per heavy atom. The third-order valence-corrected chi connectivity index (χ3v) is 3.82. The van der Waals surface area contributed by atoms with Crippen LogP contribution in [0.3, 0.4) is 0 Å². The van der Waals surface area contributed by atoms with Crippen LogP contribution in [0.4, 0.5) is 8.78 Å². The van der Waals surface area contributed by atoms with E-state index >= 15 is 0 Å². The molecule has 4 nitrogen and oxygen atoms in total. The molecule has 0 aliphatic carbocycles. The van der Waals surface area contributed by atoms with E-state index in [1.807, 2.05) is 0 Å². The third-order valence-electron chi connectivity index (χ3n) is 3.33. The van der Waals surface area contributed by atoms with Gasteiger partial charge in [0.05, 0.1) is 12.1 Å². The number of piperidine rings is 1. The van der Waals surface area contributed by atoms with Crippen molar-refractivity contribution in [3.63, 3.8) is 0 Å². The molecular weight excluding hydrogens is 322 g/mol. The van der Waals surface area contributed by atoms with Crippen molar-refractivity contribution in [1.82, 2.24) is 9.88 Å². The highest BCUT2D eigenvalue weighted by molar-refractivity contribution is 9.10. The van der Waals surface area contributed by atoms with Crippen LogP contribution in [0.25, 0.3) is 11.1 Å². The first kappa shape index (κ1) is 12.8. The van der Waals surface area contributed by atoms with E-state index in [9.17, 15) is 13.6 Å². The zero-order valence-electron chi connectivity index (χ0n) is 9.83. The van der Waals surface area contributed by atoms with Gasteiger partial charge in [0.25, 0.3) is 5.92 Å². The fourth-order valence-corrected chi connectivity index (χ4v) is 2.79. The van der Waals surface area contributed by atoms with Gasteiger partial charge < -0.3 is 9.73 Å². The molecule has 1 unspecified atom stereocenters. The highest BCUT2D eigenvalue weighted by atomic mass is 79.9. The molecule has 102 valence electrons. The Morgan fingerprint density at radius 1 is 1.47 bits per heavy atom. The number of hydrogen-bond acceptors (Lipinski definition) is 3. The van der Waals surface area contributed by atoms with Crippen LogP contribution >= 0.6 is 15.9 Å². The molecule has 19 heavy (non-hydrogen) atoms. The monoisotopic (exact) mass is 332 g/mol. The van der Waals surface area contributed by atoms with Crippen LogP contribution < -0.4 is 11.1 Å². The highest BCUT2D eigenvalue weighted by Crippen LogP contribution is 2.35. The average molecular weight is 333 g/mol. The lowest BCUT2D eigenvalue weighted by Gasteiger charge is -2.32. The first-order chi connectivity index (χ1) is 8.99. The van der Waals surface area contributed by atoms with Crippen LogP contribution in [0.1, 0.15) is 12.5 Å². The molecular formula is C12H11BrF2N2O2. The minimum atomic E-state index is -2.97. The van der Waals surface area contributed by atoms with Crippen molar-refractivity contribution in [3.8, 4) is 0 Å². The number of benzene rings is 1. The normalized spacial score (nSPS) is 22.8. The molecule has 1 aliphatic rings. The number of rotatable bonds is 1. The first-order valence-corrected chi connectivity index (χ1v) is 6.67. The Bertz CT molecular complexity index is 680. The summed E-state index contributed by atoms with van der Waals surface area (Å²) in [6.45, 7) is 0.0259. The van der Waals surface area contributed by atoms with Crippen LogP contribution in [0.5, 0.6) is 0 Å². The van der Waals surface area contributed by atoms with Crippen molar-refractivity contribution in [2.75, 3.05) is 13.1 Å². The Morgan fingerprint density at radius 3 is 3.00 bits per heavy atom. The number of alkyl halides is 2. The molecule has 0 saturated carbocycles. The molecule has 0 bridgehead atoms. The molecule has 0 amide bonds. The Labute approximate surface area is 115 Å². The summed E-state index contributed by atoms with van der Waals surface area (Å²) >= 11 is 3.27. The molecule has 0 spiro atoms. The first-order valence-electron chi connectivity index (χ1n) is 5.88. The zero-order valence-corrected chi connectivity index (χ0v) is 11.4. The van der Waals surface area contributed by atoms with Gasteiger partial charge in [0.2, 0.25) is 0 Å². The number of nitrogens with zero attached hydrogens (tertiary/aromatic N) is 1. The number of fused-ring (bicyclic) bond motifs is 1. The van der Waals surface area contributed by atoms with Gasteiger partial charge in [0, 0.05) is 4.47 Å². The second kappa shape index (κ2) is 4.42. The van der Waals surface area contributed by atoms with Gasteiger partial charge in [-0.15, -0.1) is 0 Å². The number of oxazole rings is 1. The highest BCUT2D eigenvalue weighted by Gasteiger charge is 2.44. The lowest BCUT2D eigenvalue weighted by atomic mass is 10.0. The van der Waals surface area contributed by atoms with Crippen LogP contribution in [0.15, 0.2) is 31.9 Å². The number of hydrogen-bond donors (Lipinski definition) is 1. The van der Waals surface area contributed by atoms with Crippen LogP contribution in [0, 0.1) is 0 Å². The second-order valence-corrected chi connectivity index (χ2v) is 5.51. The summed E-state index contributed by atoms with van der Waals surface area (Å²) in [4.78, 5) is 11.9. The predicted molar refractivity (Wildman–Crippen MR) is 69.6 cm³/mol. The largest absolute Gasteiger partial charge is 0.420 e. The van der Waals surface area contributed by atoms with Gasteiger partial charge in [0.15, 0.2) is 5.58 Å². The van der Waals surface area contributed by atoms with Crippen molar-refractivity contribution in [2.24, 2.45) is 0 Å². The van der Waals surface area contributed by atoms with Gasteiger partial charge >= 0.3 is 5.76 Å². The van der Waals surface area contributed by atoms with Gasteiger partial charge in [-0.3, -0.25) is 4.57 Å². The van der Waals surface area contributed by atoms with E-state index in [-0.39, 0.29) is 6.42 Å². The Hall–Kier alpha value is -1.21. The lowest BCUT2D eigenvalue weighted by molar-refractivity contribution is -0.0664. The van der Waals surface area contributed by atoms with Gasteiger partial charge in [-0.05, 0) is 31.2 Å². The number of halogens is 3. The molecule has 1 saturated heterocycles. The van der Waals surface area contributed by atoms with Crippen molar-refractivity contribution >= 4 is 27.0 Å². The van der Waals surface area contributed by atoms with Crippen molar-refractivity contribution in [3.05, 3.63) is 33.2 Å². The summed E-state index contributed by atoms with van der Waals surface area (Å²) in [6, 6.07) is 3.75. The molecule has 1 aromatic carbocycles.